The van der Waals surface area contributed by atoms with Crippen molar-refractivity contribution in [1.29, 1.82) is 0 Å². The fraction of sp³-hybridized carbons (Fsp3) is 0.300. The summed E-state index contributed by atoms with van der Waals surface area (Å²) in [5.74, 6) is -0.0994. The topological polar surface area (TPSA) is 73.0 Å². The fourth-order valence-electron chi connectivity index (χ4n) is 1.30. The first-order valence-electron chi connectivity index (χ1n) is 5.15. The summed E-state index contributed by atoms with van der Waals surface area (Å²) in [5.41, 5.74) is 0.913. The van der Waals surface area contributed by atoms with E-state index in [9.17, 15) is 8.42 Å². The molecule has 0 atom stereocenters. The Morgan fingerprint density at radius 3 is 2.89 bits per heavy atom. The molecule has 18 heavy (non-hydrogen) atoms. The molecule has 2 rings (SSSR count). The lowest BCUT2D eigenvalue weighted by Gasteiger charge is -1.97. The van der Waals surface area contributed by atoms with Gasteiger partial charge in [-0.25, -0.2) is 4.98 Å². The van der Waals surface area contributed by atoms with Gasteiger partial charge in [0.15, 0.2) is 12.7 Å². The standard InChI is InChI=1S/C10H12N3O3S2/c1-16-18(14,15)7-5-13-4-2-9(8-12-13)10-11-3-6-17-10/h2-4,6,8H,5,7H2,1H3/q+1. The van der Waals surface area contributed by atoms with Crippen molar-refractivity contribution in [3.05, 3.63) is 30.0 Å². The normalized spacial score (nSPS) is 11.6. The van der Waals surface area contributed by atoms with Crippen LogP contribution in [0.2, 0.25) is 0 Å². The zero-order valence-corrected chi connectivity index (χ0v) is 11.3. The third-order valence-electron chi connectivity index (χ3n) is 2.27. The fourth-order valence-corrected chi connectivity index (χ4v) is 2.50. The predicted molar refractivity (Wildman–Crippen MR) is 66.3 cm³/mol. The van der Waals surface area contributed by atoms with E-state index < -0.39 is 10.1 Å². The molecule has 2 heterocycles. The zero-order chi connectivity index (χ0) is 13.0. The summed E-state index contributed by atoms with van der Waals surface area (Å²) in [7, 11) is -2.29. The number of rotatable bonds is 5. The van der Waals surface area contributed by atoms with E-state index in [1.54, 1.807) is 23.3 Å². The predicted octanol–water partition coefficient (Wildman–Crippen LogP) is 0.469. The summed E-state index contributed by atoms with van der Waals surface area (Å²) in [6.07, 6.45) is 5.12. The van der Waals surface area contributed by atoms with Crippen molar-refractivity contribution in [3.8, 4) is 10.6 Å². The highest BCUT2D eigenvalue weighted by Crippen LogP contribution is 2.18. The van der Waals surface area contributed by atoms with Gasteiger partial charge in [0.25, 0.3) is 10.1 Å². The molecule has 96 valence electrons. The molecule has 0 unspecified atom stereocenters. The molecule has 2 aromatic rings. The minimum atomic E-state index is -3.44. The minimum absolute atomic E-state index is 0.0994. The third kappa shape index (κ3) is 3.31. The van der Waals surface area contributed by atoms with Gasteiger partial charge in [0.05, 0.1) is 7.11 Å². The van der Waals surface area contributed by atoms with E-state index in [0.29, 0.717) is 0 Å². The van der Waals surface area contributed by atoms with Crippen LogP contribution in [0.5, 0.6) is 0 Å². The molecule has 0 aliphatic rings. The van der Waals surface area contributed by atoms with Crippen molar-refractivity contribution in [1.82, 2.24) is 10.1 Å². The molecular weight excluding hydrogens is 274 g/mol. The van der Waals surface area contributed by atoms with Gasteiger partial charge in [0, 0.05) is 23.2 Å². The van der Waals surface area contributed by atoms with Gasteiger partial charge in [-0.2, -0.15) is 8.42 Å². The van der Waals surface area contributed by atoms with Crippen LogP contribution in [-0.2, 0) is 20.8 Å². The highest BCUT2D eigenvalue weighted by atomic mass is 32.2. The smallest absolute Gasteiger partial charge is 0.273 e. The first kappa shape index (κ1) is 13.1. The number of aryl methyl sites for hydroxylation is 1. The Morgan fingerprint density at radius 2 is 2.33 bits per heavy atom. The first-order valence-corrected chi connectivity index (χ1v) is 7.60. The molecule has 0 aromatic carbocycles. The number of hydrogen-bond donors (Lipinski definition) is 0. The van der Waals surface area contributed by atoms with Crippen LogP contribution in [0.25, 0.3) is 10.6 Å². The van der Waals surface area contributed by atoms with E-state index >= 15 is 0 Å². The van der Waals surface area contributed by atoms with Crippen LogP contribution in [0.4, 0.5) is 0 Å². The summed E-state index contributed by atoms with van der Waals surface area (Å²) in [4.78, 5) is 4.17. The van der Waals surface area contributed by atoms with Crippen LogP contribution in [0.1, 0.15) is 0 Å². The maximum Gasteiger partial charge on any atom is 0.273 e. The second kappa shape index (κ2) is 5.51. The average molecular weight is 286 g/mol. The van der Waals surface area contributed by atoms with Crippen LogP contribution in [0, 0.1) is 0 Å². The number of thiazole rings is 1. The van der Waals surface area contributed by atoms with E-state index in [-0.39, 0.29) is 12.3 Å². The summed E-state index contributed by atoms with van der Waals surface area (Å²) < 4.78 is 28.2. The van der Waals surface area contributed by atoms with Gasteiger partial charge in [0.1, 0.15) is 17.0 Å². The maximum absolute atomic E-state index is 11.2. The van der Waals surface area contributed by atoms with E-state index in [1.807, 2.05) is 11.4 Å². The summed E-state index contributed by atoms with van der Waals surface area (Å²) in [5, 5.41) is 6.91. The van der Waals surface area contributed by atoms with Crippen molar-refractivity contribution < 1.29 is 17.3 Å². The molecule has 0 saturated heterocycles. The summed E-state index contributed by atoms with van der Waals surface area (Å²) in [6.45, 7) is 0.258. The van der Waals surface area contributed by atoms with Crippen LogP contribution in [0.3, 0.4) is 0 Å². The van der Waals surface area contributed by atoms with E-state index in [0.717, 1.165) is 17.7 Å². The molecule has 0 radical (unpaired) electrons. The Morgan fingerprint density at radius 1 is 1.50 bits per heavy atom. The van der Waals surface area contributed by atoms with Crippen molar-refractivity contribution in [2.45, 2.75) is 6.54 Å². The van der Waals surface area contributed by atoms with Gasteiger partial charge in [-0.3, -0.25) is 4.18 Å². The molecule has 0 saturated carbocycles. The molecule has 0 amide bonds. The molecule has 0 aliphatic heterocycles. The van der Waals surface area contributed by atoms with Gasteiger partial charge >= 0.3 is 0 Å². The van der Waals surface area contributed by atoms with Crippen LogP contribution in [-0.4, -0.2) is 31.4 Å². The van der Waals surface area contributed by atoms with Gasteiger partial charge in [-0.05, 0) is 5.10 Å². The SMILES string of the molecule is COS(=O)(=O)CC[n+]1ccc(-c2nccs2)cn1. The Bertz CT molecular complexity index is 594. The quantitative estimate of drug-likeness (QED) is 0.590. The van der Waals surface area contributed by atoms with Gasteiger partial charge in [-0.1, -0.05) is 4.68 Å². The average Bonchev–Trinajstić information content (AvgIpc) is 2.91. The first-order chi connectivity index (χ1) is 8.61. The third-order valence-corrected chi connectivity index (χ3v) is 4.29. The molecule has 0 bridgehead atoms. The number of aromatic nitrogens is 3. The molecular formula is C10H12N3O3S2+. The Kier molecular flexibility index (Phi) is 4.00. The van der Waals surface area contributed by atoms with Crippen LogP contribution in [0.15, 0.2) is 30.0 Å². The minimum Gasteiger partial charge on any atom is -0.273 e. The van der Waals surface area contributed by atoms with E-state index in [2.05, 4.69) is 14.3 Å². The molecule has 0 spiro atoms. The Labute approximate surface area is 109 Å². The Hall–Kier alpha value is -1.38. The molecule has 6 nitrogen and oxygen atoms in total. The van der Waals surface area contributed by atoms with Crippen molar-refractivity contribution in [2.75, 3.05) is 12.9 Å². The number of hydrogen-bond acceptors (Lipinski definition) is 6. The monoisotopic (exact) mass is 286 g/mol. The van der Waals surface area contributed by atoms with Crippen molar-refractivity contribution in [2.24, 2.45) is 0 Å². The van der Waals surface area contributed by atoms with Crippen molar-refractivity contribution in [3.63, 3.8) is 0 Å². The van der Waals surface area contributed by atoms with Gasteiger partial charge in [0.2, 0.25) is 0 Å². The lowest BCUT2D eigenvalue weighted by Crippen LogP contribution is -2.40. The molecule has 0 fully saturated rings. The second-order valence-electron chi connectivity index (χ2n) is 3.44. The largest absolute Gasteiger partial charge is 0.273 e. The van der Waals surface area contributed by atoms with Crippen LogP contribution >= 0.6 is 11.3 Å². The highest BCUT2D eigenvalue weighted by Gasteiger charge is 2.14. The molecule has 8 heteroatoms. The van der Waals surface area contributed by atoms with E-state index in [1.165, 1.54) is 11.3 Å². The second-order valence-corrected chi connectivity index (χ2v) is 6.20. The molecule has 2 aromatic heterocycles. The Balaban J connectivity index is 2.05. The van der Waals surface area contributed by atoms with Gasteiger partial charge in [-0.15, -0.1) is 11.3 Å². The lowest BCUT2D eigenvalue weighted by molar-refractivity contribution is -0.750. The van der Waals surface area contributed by atoms with E-state index in [4.69, 9.17) is 0 Å². The highest BCUT2D eigenvalue weighted by molar-refractivity contribution is 7.86. The zero-order valence-electron chi connectivity index (χ0n) is 9.68. The number of nitrogens with zero attached hydrogens (tertiary/aromatic N) is 3. The lowest BCUT2D eigenvalue weighted by atomic mass is 10.3. The molecule has 0 N–H and O–H groups in total. The summed E-state index contributed by atoms with van der Waals surface area (Å²) >= 11 is 1.53. The summed E-state index contributed by atoms with van der Waals surface area (Å²) in [6, 6.07) is 1.85. The van der Waals surface area contributed by atoms with Crippen molar-refractivity contribution >= 4 is 21.5 Å². The van der Waals surface area contributed by atoms with Gasteiger partial charge < -0.3 is 0 Å². The molecule has 0 aliphatic carbocycles. The maximum atomic E-state index is 11.2. The van der Waals surface area contributed by atoms with Crippen LogP contribution < -0.4 is 4.68 Å².